The minimum atomic E-state index is 0.451. The van der Waals surface area contributed by atoms with Gasteiger partial charge >= 0.3 is 0 Å². The summed E-state index contributed by atoms with van der Waals surface area (Å²) < 4.78 is 5.68. The van der Waals surface area contributed by atoms with Crippen molar-refractivity contribution in [1.82, 2.24) is 15.2 Å². The highest BCUT2D eigenvalue weighted by Gasteiger charge is 2.12. The first-order valence-corrected chi connectivity index (χ1v) is 6.52. The van der Waals surface area contributed by atoms with Crippen LogP contribution in [0.1, 0.15) is 12.5 Å². The third-order valence-corrected chi connectivity index (χ3v) is 3.16. The number of hydrogen-bond acceptors (Lipinski definition) is 4. The number of anilines is 1. The van der Waals surface area contributed by atoms with Gasteiger partial charge in [0.1, 0.15) is 5.75 Å². The molecule has 0 amide bonds. The van der Waals surface area contributed by atoms with Crippen LogP contribution in [-0.2, 0) is 0 Å². The number of rotatable bonds is 3. The highest BCUT2D eigenvalue weighted by atomic mass is 16.5. The first kappa shape index (κ1) is 12.5. The lowest BCUT2D eigenvalue weighted by atomic mass is 10.1. The topological polar surface area (TPSA) is 76.8 Å². The number of nitrogens with zero attached hydrogens (tertiary/aromatic N) is 2. The molecule has 2 heterocycles. The summed E-state index contributed by atoms with van der Waals surface area (Å²) in [5, 5.41) is 7.79. The van der Waals surface area contributed by atoms with Gasteiger partial charge in [-0.05, 0) is 37.6 Å². The van der Waals surface area contributed by atoms with Crippen LogP contribution in [0.15, 0.2) is 30.5 Å². The van der Waals surface area contributed by atoms with Crippen molar-refractivity contribution < 1.29 is 4.74 Å². The monoisotopic (exact) mass is 268 g/mol. The van der Waals surface area contributed by atoms with Crippen molar-refractivity contribution in [2.24, 2.45) is 0 Å². The molecule has 0 atom stereocenters. The highest BCUT2D eigenvalue weighted by molar-refractivity contribution is 5.97. The fourth-order valence-corrected chi connectivity index (χ4v) is 2.20. The maximum Gasteiger partial charge on any atom is 0.156 e. The van der Waals surface area contributed by atoms with Gasteiger partial charge in [0, 0.05) is 11.8 Å². The number of ether oxygens (including phenoxy) is 1. The fraction of sp³-hybridized carbons (Fsp3) is 0.200. The van der Waals surface area contributed by atoms with Gasteiger partial charge < -0.3 is 10.5 Å². The molecule has 1 aromatic carbocycles. The molecule has 0 unspecified atom stereocenters. The molecule has 3 rings (SSSR count). The summed E-state index contributed by atoms with van der Waals surface area (Å²) >= 11 is 0. The van der Waals surface area contributed by atoms with Gasteiger partial charge in [-0.2, -0.15) is 5.10 Å². The number of pyridine rings is 1. The minimum absolute atomic E-state index is 0.451. The van der Waals surface area contributed by atoms with Gasteiger partial charge in [-0.15, -0.1) is 0 Å². The summed E-state index contributed by atoms with van der Waals surface area (Å²) in [5.41, 5.74) is 9.73. The molecule has 0 aliphatic heterocycles. The van der Waals surface area contributed by atoms with Crippen LogP contribution in [-0.4, -0.2) is 21.8 Å². The number of benzene rings is 1. The molecule has 0 saturated carbocycles. The van der Waals surface area contributed by atoms with Crippen molar-refractivity contribution in [2.75, 3.05) is 12.3 Å². The number of nitrogens with one attached hydrogen (secondary N) is 1. The number of hydrogen-bond donors (Lipinski definition) is 2. The number of H-pyrrole nitrogens is 1. The number of aryl methyl sites for hydroxylation is 1. The van der Waals surface area contributed by atoms with Crippen LogP contribution >= 0.6 is 0 Å². The van der Waals surface area contributed by atoms with Crippen molar-refractivity contribution in [3.8, 4) is 17.0 Å². The van der Waals surface area contributed by atoms with E-state index in [1.54, 1.807) is 0 Å². The van der Waals surface area contributed by atoms with Gasteiger partial charge in [0.05, 0.1) is 23.2 Å². The van der Waals surface area contributed by atoms with Crippen molar-refractivity contribution in [3.63, 3.8) is 0 Å². The van der Waals surface area contributed by atoms with Gasteiger partial charge in [0.2, 0.25) is 0 Å². The minimum Gasteiger partial charge on any atom is -0.493 e. The average Bonchev–Trinajstić information content (AvgIpc) is 2.82. The number of nitrogens with two attached hydrogens (primary N) is 1. The summed E-state index contributed by atoms with van der Waals surface area (Å²) in [4.78, 5) is 4.44. The molecule has 3 aromatic rings. The lowest BCUT2D eigenvalue weighted by Crippen LogP contribution is -1.95. The normalized spacial score (nSPS) is 10.9. The van der Waals surface area contributed by atoms with Crippen LogP contribution in [0, 0.1) is 6.92 Å². The Morgan fingerprint density at radius 3 is 2.85 bits per heavy atom. The standard InChI is InChI=1S/C15H16N4O/c1-3-20-13-7-10(11-5-4-9(2)8-17-11)6-12-14(13)15(16)19-18-12/h4-8H,3H2,1-2H3,(H3,16,18,19). The largest absolute Gasteiger partial charge is 0.493 e. The van der Waals surface area contributed by atoms with E-state index in [0.717, 1.165) is 33.5 Å². The summed E-state index contributed by atoms with van der Waals surface area (Å²) in [6, 6.07) is 7.97. The molecule has 0 fully saturated rings. The molecular formula is C15H16N4O. The fourth-order valence-electron chi connectivity index (χ4n) is 2.20. The molecule has 0 aliphatic carbocycles. The zero-order valence-corrected chi connectivity index (χ0v) is 11.5. The van der Waals surface area contributed by atoms with E-state index < -0.39 is 0 Å². The van der Waals surface area contributed by atoms with Gasteiger partial charge in [0.15, 0.2) is 5.82 Å². The summed E-state index contributed by atoms with van der Waals surface area (Å²) in [6.45, 7) is 4.53. The van der Waals surface area contributed by atoms with E-state index in [2.05, 4.69) is 15.2 Å². The molecule has 20 heavy (non-hydrogen) atoms. The zero-order chi connectivity index (χ0) is 14.1. The molecule has 5 heteroatoms. The van der Waals surface area contributed by atoms with Crippen LogP contribution < -0.4 is 10.5 Å². The quantitative estimate of drug-likeness (QED) is 0.765. The van der Waals surface area contributed by atoms with Gasteiger partial charge in [0.25, 0.3) is 0 Å². The third kappa shape index (κ3) is 2.07. The molecule has 3 N–H and O–H groups in total. The Balaban J connectivity index is 2.19. The predicted molar refractivity (Wildman–Crippen MR) is 79.6 cm³/mol. The lowest BCUT2D eigenvalue weighted by molar-refractivity contribution is 0.344. The second-order valence-corrected chi connectivity index (χ2v) is 4.66. The zero-order valence-electron chi connectivity index (χ0n) is 11.5. The van der Waals surface area contributed by atoms with Crippen LogP contribution in [0.4, 0.5) is 5.82 Å². The summed E-state index contributed by atoms with van der Waals surface area (Å²) in [7, 11) is 0. The Labute approximate surface area is 116 Å². The van der Waals surface area contributed by atoms with Crippen LogP contribution in [0.3, 0.4) is 0 Å². The molecule has 2 aromatic heterocycles. The van der Waals surface area contributed by atoms with Crippen molar-refractivity contribution in [1.29, 1.82) is 0 Å². The van der Waals surface area contributed by atoms with E-state index in [0.29, 0.717) is 12.4 Å². The van der Waals surface area contributed by atoms with E-state index in [1.165, 1.54) is 0 Å². The smallest absolute Gasteiger partial charge is 0.156 e. The predicted octanol–water partition coefficient (Wildman–Crippen LogP) is 2.91. The molecule has 102 valence electrons. The van der Waals surface area contributed by atoms with E-state index >= 15 is 0 Å². The van der Waals surface area contributed by atoms with Crippen LogP contribution in [0.5, 0.6) is 5.75 Å². The second kappa shape index (κ2) is 4.85. The first-order chi connectivity index (χ1) is 9.69. The Morgan fingerprint density at radius 2 is 2.15 bits per heavy atom. The molecular weight excluding hydrogens is 252 g/mol. The average molecular weight is 268 g/mol. The van der Waals surface area contributed by atoms with E-state index in [4.69, 9.17) is 10.5 Å². The van der Waals surface area contributed by atoms with E-state index in [-0.39, 0.29) is 0 Å². The molecule has 0 saturated heterocycles. The SMILES string of the molecule is CCOc1cc(-c2ccc(C)cn2)cc2[nH]nc(N)c12. The number of aromatic amines is 1. The molecule has 5 nitrogen and oxygen atoms in total. The number of aromatic nitrogens is 3. The maximum atomic E-state index is 5.88. The second-order valence-electron chi connectivity index (χ2n) is 4.66. The molecule has 0 aliphatic rings. The first-order valence-electron chi connectivity index (χ1n) is 6.52. The van der Waals surface area contributed by atoms with Crippen LogP contribution in [0.2, 0.25) is 0 Å². The van der Waals surface area contributed by atoms with Gasteiger partial charge in [-0.3, -0.25) is 10.1 Å². The number of fused-ring (bicyclic) bond motifs is 1. The van der Waals surface area contributed by atoms with Crippen molar-refractivity contribution in [2.45, 2.75) is 13.8 Å². The Bertz CT molecular complexity index is 746. The number of nitrogen functional groups attached to an aromatic ring is 1. The maximum absolute atomic E-state index is 5.88. The molecule has 0 spiro atoms. The van der Waals surface area contributed by atoms with Crippen molar-refractivity contribution in [3.05, 3.63) is 36.0 Å². The molecule has 0 radical (unpaired) electrons. The lowest BCUT2D eigenvalue weighted by Gasteiger charge is -2.08. The van der Waals surface area contributed by atoms with Crippen molar-refractivity contribution >= 4 is 16.7 Å². The molecule has 0 bridgehead atoms. The Morgan fingerprint density at radius 1 is 1.30 bits per heavy atom. The summed E-state index contributed by atoms with van der Waals surface area (Å²) in [6.07, 6.45) is 1.85. The van der Waals surface area contributed by atoms with E-state index in [1.807, 2.05) is 44.3 Å². The Kier molecular flexibility index (Phi) is 3.02. The van der Waals surface area contributed by atoms with Gasteiger partial charge in [-0.1, -0.05) is 6.07 Å². The summed E-state index contributed by atoms with van der Waals surface area (Å²) in [5.74, 6) is 1.18. The Hall–Kier alpha value is -2.56. The van der Waals surface area contributed by atoms with Crippen LogP contribution in [0.25, 0.3) is 22.2 Å². The van der Waals surface area contributed by atoms with E-state index in [9.17, 15) is 0 Å². The van der Waals surface area contributed by atoms with Gasteiger partial charge in [-0.25, -0.2) is 0 Å². The third-order valence-electron chi connectivity index (χ3n) is 3.16. The highest BCUT2D eigenvalue weighted by Crippen LogP contribution is 2.34.